The van der Waals surface area contributed by atoms with E-state index in [4.69, 9.17) is 0 Å². The first-order valence-electron chi connectivity index (χ1n) is 10.2. The molecule has 29 heavy (non-hydrogen) atoms. The molecular weight excluding hydrogens is 368 g/mol. The molecule has 0 aromatic carbocycles. The van der Waals surface area contributed by atoms with E-state index < -0.39 is 0 Å². The second-order valence-corrected chi connectivity index (χ2v) is 7.57. The van der Waals surface area contributed by atoms with Gasteiger partial charge in [0.25, 0.3) is 0 Å². The van der Waals surface area contributed by atoms with Gasteiger partial charge in [0.15, 0.2) is 5.78 Å². The number of nitrogens with zero attached hydrogens (tertiary/aromatic N) is 6. The van der Waals surface area contributed by atoms with Gasteiger partial charge in [-0.15, -0.1) is 0 Å². The van der Waals surface area contributed by atoms with Crippen LogP contribution in [0.3, 0.4) is 0 Å². The fourth-order valence-corrected chi connectivity index (χ4v) is 3.99. The van der Waals surface area contributed by atoms with Gasteiger partial charge in [-0.25, -0.2) is 9.97 Å². The Morgan fingerprint density at radius 3 is 2.41 bits per heavy atom. The summed E-state index contributed by atoms with van der Waals surface area (Å²) in [6, 6.07) is 7.19. The predicted octanol–water partition coefficient (Wildman–Crippen LogP) is 1.12. The van der Waals surface area contributed by atoms with Gasteiger partial charge in [0.05, 0.1) is 6.54 Å². The fourth-order valence-electron chi connectivity index (χ4n) is 3.99. The van der Waals surface area contributed by atoms with Crippen molar-refractivity contribution in [1.82, 2.24) is 24.8 Å². The first-order chi connectivity index (χ1) is 14.2. The molecular formula is C21H26N6O2. The number of hydrogen-bond acceptors (Lipinski definition) is 7. The minimum Gasteiger partial charge on any atom is -0.341 e. The maximum absolute atomic E-state index is 12.8. The molecule has 0 N–H and O–H groups in total. The van der Waals surface area contributed by atoms with Gasteiger partial charge in [-0.1, -0.05) is 6.07 Å². The van der Waals surface area contributed by atoms with Gasteiger partial charge in [0.1, 0.15) is 5.69 Å². The molecule has 4 heterocycles. The Morgan fingerprint density at radius 2 is 1.69 bits per heavy atom. The van der Waals surface area contributed by atoms with Crippen molar-refractivity contribution in [3.63, 3.8) is 0 Å². The fraction of sp³-hybridized carbons (Fsp3) is 0.476. The summed E-state index contributed by atoms with van der Waals surface area (Å²) in [5.74, 6) is 0.729. The highest BCUT2D eigenvalue weighted by molar-refractivity contribution is 5.96. The van der Waals surface area contributed by atoms with Crippen molar-refractivity contribution in [2.45, 2.75) is 12.8 Å². The van der Waals surface area contributed by atoms with E-state index in [1.165, 1.54) is 0 Å². The van der Waals surface area contributed by atoms with Gasteiger partial charge in [0, 0.05) is 63.8 Å². The molecule has 2 aliphatic heterocycles. The van der Waals surface area contributed by atoms with E-state index >= 15 is 0 Å². The average Bonchev–Trinajstić information content (AvgIpc) is 2.80. The normalized spacial score (nSPS) is 20.5. The van der Waals surface area contributed by atoms with E-state index in [-0.39, 0.29) is 17.6 Å². The summed E-state index contributed by atoms with van der Waals surface area (Å²) in [6.07, 6.45) is 6.80. The van der Waals surface area contributed by atoms with Crippen LogP contribution < -0.4 is 4.90 Å². The van der Waals surface area contributed by atoms with Crippen molar-refractivity contribution in [1.29, 1.82) is 0 Å². The van der Waals surface area contributed by atoms with Crippen LogP contribution in [0.4, 0.5) is 5.95 Å². The lowest BCUT2D eigenvalue weighted by Gasteiger charge is -2.37. The van der Waals surface area contributed by atoms with Crippen molar-refractivity contribution < 1.29 is 9.59 Å². The Bertz CT molecular complexity index is 824. The molecule has 1 unspecified atom stereocenters. The highest BCUT2D eigenvalue weighted by atomic mass is 16.2. The second kappa shape index (κ2) is 9.09. The lowest BCUT2D eigenvalue weighted by Crippen LogP contribution is -2.52. The summed E-state index contributed by atoms with van der Waals surface area (Å²) in [6.45, 7) is 4.82. The van der Waals surface area contributed by atoms with Gasteiger partial charge in [-0.05, 0) is 31.0 Å². The molecule has 0 bridgehead atoms. The van der Waals surface area contributed by atoms with E-state index in [0.29, 0.717) is 18.8 Å². The highest BCUT2D eigenvalue weighted by Gasteiger charge is 2.30. The van der Waals surface area contributed by atoms with E-state index in [1.807, 2.05) is 17.0 Å². The lowest BCUT2D eigenvalue weighted by molar-refractivity contribution is -0.133. The standard InChI is InChI=1S/C21H26N6O2/c28-19(16-25-11-13-26(14-12-25)21-23-8-4-9-24-21)27-10-3-5-17(15-27)20(29)18-6-1-2-7-22-18/h1-2,4,6-9,17H,3,5,10-16H2. The molecule has 1 atom stereocenters. The highest BCUT2D eigenvalue weighted by Crippen LogP contribution is 2.21. The Hall–Kier alpha value is -2.87. The van der Waals surface area contributed by atoms with Crippen LogP contribution in [0.5, 0.6) is 0 Å². The van der Waals surface area contributed by atoms with E-state index in [9.17, 15) is 9.59 Å². The molecule has 2 aromatic rings. The molecule has 8 heteroatoms. The Balaban J connectivity index is 1.28. The number of hydrogen-bond donors (Lipinski definition) is 0. The summed E-state index contributed by atoms with van der Waals surface area (Å²) in [7, 11) is 0. The topological polar surface area (TPSA) is 82.5 Å². The number of carbonyl (C=O) groups is 2. The summed E-state index contributed by atoms with van der Waals surface area (Å²) in [5.41, 5.74) is 0.492. The van der Waals surface area contributed by atoms with E-state index in [2.05, 4.69) is 24.8 Å². The molecule has 8 nitrogen and oxygen atoms in total. The Kier molecular flexibility index (Phi) is 6.09. The number of amides is 1. The maximum atomic E-state index is 12.8. The van der Waals surface area contributed by atoms with Crippen LogP contribution >= 0.6 is 0 Å². The van der Waals surface area contributed by atoms with Crippen molar-refractivity contribution in [2.75, 3.05) is 50.7 Å². The Labute approximate surface area is 170 Å². The van der Waals surface area contributed by atoms with Crippen LogP contribution in [0.2, 0.25) is 0 Å². The number of piperazine rings is 1. The third-order valence-electron chi connectivity index (χ3n) is 5.63. The van der Waals surface area contributed by atoms with Crippen LogP contribution in [0.15, 0.2) is 42.9 Å². The van der Waals surface area contributed by atoms with Crippen LogP contribution in [0, 0.1) is 5.92 Å². The number of likely N-dealkylation sites (tertiary alicyclic amines) is 1. The molecule has 0 saturated carbocycles. The molecule has 2 fully saturated rings. The smallest absolute Gasteiger partial charge is 0.236 e. The molecule has 152 valence electrons. The molecule has 2 aromatic heterocycles. The molecule has 2 saturated heterocycles. The zero-order valence-corrected chi connectivity index (χ0v) is 16.5. The van der Waals surface area contributed by atoms with Crippen LogP contribution in [0.25, 0.3) is 0 Å². The number of Topliss-reactive ketones (excluding diaryl/α,β-unsaturated/α-hetero) is 1. The zero-order chi connectivity index (χ0) is 20.1. The quantitative estimate of drug-likeness (QED) is 0.703. The van der Waals surface area contributed by atoms with Crippen molar-refractivity contribution in [3.05, 3.63) is 48.5 Å². The molecule has 0 spiro atoms. The molecule has 2 aliphatic rings. The first kappa shape index (κ1) is 19.4. The molecule has 0 radical (unpaired) electrons. The summed E-state index contributed by atoms with van der Waals surface area (Å²) in [4.78, 5) is 44.5. The monoisotopic (exact) mass is 394 g/mol. The number of carbonyl (C=O) groups excluding carboxylic acids is 2. The van der Waals surface area contributed by atoms with Gasteiger partial charge in [0.2, 0.25) is 11.9 Å². The number of aromatic nitrogens is 3. The second-order valence-electron chi connectivity index (χ2n) is 7.57. The number of pyridine rings is 1. The summed E-state index contributed by atoms with van der Waals surface area (Å²) >= 11 is 0. The number of rotatable bonds is 5. The van der Waals surface area contributed by atoms with Gasteiger partial charge in [-0.2, -0.15) is 0 Å². The Morgan fingerprint density at radius 1 is 0.931 bits per heavy atom. The minimum absolute atomic E-state index is 0.0413. The minimum atomic E-state index is -0.158. The molecule has 1 amide bonds. The molecule has 4 rings (SSSR count). The van der Waals surface area contributed by atoms with Gasteiger partial charge < -0.3 is 9.80 Å². The van der Waals surface area contributed by atoms with E-state index in [1.54, 1.807) is 30.7 Å². The largest absolute Gasteiger partial charge is 0.341 e. The van der Waals surface area contributed by atoms with Crippen LogP contribution in [0.1, 0.15) is 23.3 Å². The number of ketones is 1. The van der Waals surface area contributed by atoms with Crippen LogP contribution in [-0.2, 0) is 4.79 Å². The van der Waals surface area contributed by atoms with Gasteiger partial charge >= 0.3 is 0 Å². The zero-order valence-electron chi connectivity index (χ0n) is 16.5. The van der Waals surface area contributed by atoms with Crippen molar-refractivity contribution in [3.8, 4) is 0 Å². The van der Waals surface area contributed by atoms with E-state index in [0.717, 1.165) is 51.5 Å². The van der Waals surface area contributed by atoms with Crippen molar-refractivity contribution in [2.24, 2.45) is 5.92 Å². The molecule has 0 aliphatic carbocycles. The summed E-state index contributed by atoms with van der Waals surface area (Å²) in [5, 5.41) is 0. The SMILES string of the molecule is O=C(c1ccccn1)C1CCCN(C(=O)CN2CCN(c3ncccn3)CC2)C1. The third-order valence-corrected chi connectivity index (χ3v) is 5.63. The van der Waals surface area contributed by atoms with Crippen molar-refractivity contribution >= 4 is 17.6 Å². The lowest BCUT2D eigenvalue weighted by atomic mass is 9.92. The first-order valence-corrected chi connectivity index (χ1v) is 10.2. The third kappa shape index (κ3) is 4.76. The predicted molar refractivity (Wildman–Crippen MR) is 109 cm³/mol. The van der Waals surface area contributed by atoms with Gasteiger partial charge in [-0.3, -0.25) is 19.5 Å². The maximum Gasteiger partial charge on any atom is 0.236 e. The average molecular weight is 394 g/mol. The summed E-state index contributed by atoms with van der Waals surface area (Å²) < 4.78 is 0. The number of piperidine rings is 1. The van der Waals surface area contributed by atoms with Crippen LogP contribution in [-0.4, -0.2) is 82.3 Å². The number of anilines is 1.